The fraction of sp³-hybridized carbons (Fsp3) is 0. The van der Waals surface area contributed by atoms with Crippen molar-refractivity contribution in [3.05, 3.63) is 0 Å². The Hall–Kier alpha value is 3.85. The van der Waals surface area contributed by atoms with Crippen LogP contribution in [-0.4, -0.2) is 0 Å². The predicted molar refractivity (Wildman–Crippen MR) is 27.7 cm³/mol. The fourth-order valence-electron chi connectivity index (χ4n) is 0. The van der Waals surface area contributed by atoms with Crippen LogP contribution in [-0.2, 0) is 77.5 Å². The first kappa shape index (κ1) is 43.4. The summed E-state index contributed by atoms with van der Waals surface area (Å²) in [6.07, 6.45) is 0. The van der Waals surface area contributed by atoms with Gasteiger partial charge in [-0.25, -0.2) is 0 Å². The zero-order valence-electron chi connectivity index (χ0n) is 8.19. The van der Waals surface area contributed by atoms with Crippen molar-refractivity contribution in [1.82, 2.24) is 0 Å². The SMILES string of the molecule is [Hf+4].[Hf+4].[Hf+4].[O-]P([O-])[O-].[O-]P([O-])[O-].[O-]P([O-])[O-].[O-]P([O-])[O-]. The molecule has 0 amide bonds. The van der Waals surface area contributed by atoms with E-state index < -0.39 is 34.4 Å². The molecule has 0 aromatic heterocycles. The van der Waals surface area contributed by atoms with Crippen molar-refractivity contribution in [1.29, 1.82) is 0 Å². The zero-order chi connectivity index (χ0) is 14.3. The third kappa shape index (κ3) is 581. The molecule has 0 radical (unpaired) electrons. The molecule has 0 saturated carbocycles. The van der Waals surface area contributed by atoms with Crippen molar-refractivity contribution in [2.24, 2.45) is 0 Å². The molecular formula is Hf3O12P4. The Bertz CT molecular complexity index is 68.0. The number of rotatable bonds is 0. The molecule has 0 aliphatic heterocycles. The second-order valence-corrected chi connectivity index (χ2v) is 2.68. The average Bonchev–Trinajstić information content (AvgIpc) is 1.76. The van der Waals surface area contributed by atoms with E-state index in [1.54, 1.807) is 0 Å². The summed E-state index contributed by atoms with van der Waals surface area (Å²) in [7, 11) is -13.5. The van der Waals surface area contributed by atoms with Crippen LogP contribution in [0.1, 0.15) is 0 Å². The first-order valence-corrected chi connectivity index (χ1v) is 6.57. The average molecular weight is 851 g/mol. The van der Waals surface area contributed by atoms with Gasteiger partial charge in [-0.2, -0.15) is 0 Å². The minimum Gasteiger partial charge on any atom is -0.854 e. The maximum absolute atomic E-state index is 8.48. The van der Waals surface area contributed by atoms with Crippen LogP contribution in [0.15, 0.2) is 0 Å². The van der Waals surface area contributed by atoms with E-state index in [1.807, 2.05) is 0 Å². The van der Waals surface area contributed by atoms with Crippen LogP contribution in [0.5, 0.6) is 0 Å². The van der Waals surface area contributed by atoms with Crippen LogP contribution < -0.4 is 58.7 Å². The third-order valence-electron chi connectivity index (χ3n) is 0. The van der Waals surface area contributed by atoms with E-state index in [1.165, 1.54) is 0 Å². The van der Waals surface area contributed by atoms with Gasteiger partial charge in [0.25, 0.3) is 0 Å². The number of hydrogen-bond acceptors (Lipinski definition) is 12. The van der Waals surface area contributed by atoms with Crippen molar-refractivity contribution in [2.75, 3.05) is 0 Å². The molecule has 19 heteroatoms. The molecule has 0 saturated heterocycles. The molecule has 0 unspecified atom stereocenters. The van der Waals surface area contributed by atoms with Crippen LogP contribution in [0, 0.1) is 0 Å². The molecular weight excluding hydrogens is 851 g/mol. The van der Waals surface area contributed by atoms with Crippen LogP contribution >= 0.6 is 34.4 Å². The van der Waals surface area contributed by atoms with Gasteiger partial charge in [0.2, 0.25) is 0 Å². The molecule has 0 heterocycles. The number of hydrogen-bond donors (Lipinski definition) is 0. The van der Waals surface area contributed by atoms with Gasteiger partial charge in [0.05, 0.1) is 0 Å². The second kappa shape index (κ2) is 37.8. The van der Waals surface area contributed by atoms with Crippen LogP contribution in [0.3, 0.4) is 0 Å². The summed E-state index contributed by atoms with van der Waals surface area (Å²) < 4.78 is 0. The first-order valence-electron chi connectivity index (χ1n) is 2.19. The Kier molecular flexibility index (Phi) is 86.4. The Morgan fingerprint density at radius 1 is 0.263 bits per heavy atom. The molecule has 0 aromatic rings. The maximum Gasteiger partial charge on any atom is 4.00 e. The van der Waals surface area contributed by atoms with Gasteiger partial charge in [0, 0.05) is 0 Å². The summed E-state index contributed by atoms with van der Waals surface area (Å²) in [5.41, 5.74) is 0. The summed E-state index contributed by atoms with van der Waals surface area (Å²) in [4.78, 5) is 102. The van der Waals surface area contributed by atoms with Gasteiger partial charge in [-0.3, -0.25) is 0 Å². The molecule has 0 atom stereocenters. The van der Waals surface area contributed by atoms with Gasteiger partial charge in [-0.05, 0) is 0 Å². The van der Waals surface area contributed by atoms with Crippen molar-refractivity contribution in [3.8, 4) is 0 Å². The molecule has 12 nitrogen and oxygen atoms in total. The molecule has 0 spiro atoms. The van der Waals surface area contributed by atoms with Crippen LogP contribution in [0.4, 0.5) is 0 Å². The standard InChI is InChI=1S/3Hf.4O3P/c;;;4*1-4(2)3/q3*+4;4*-3. The van der Waals surface area contributed by atoms with Crippen molar-refractivity contribution < 1.29 is 136 Å². The zero-order valence-corrected chi connectivity index (χ0v) is 22.5. The topological polar surface area (TPSA) is 277 Å². The Balaban J connectivity index is -0.0000000192. The maximum atomic E-state index is 8.48. The predicted octanol–water partition coefficient (Wildman–Crippen LogP) is -10.8. The molecule has 0 aromatic carbocycles. The molecule has 104 valence electrons. The van der Waals surface area contributed by atoms with Gasteiger partial charge >= 0.3 is 77.5 Å². The minimum atomic E-state index is -3.37. The van der Waals surface area contributed by atoms with Crippen molar-refractivity contribution >= 4 is 34.4 Å². The van der Waals surface area contributed by atoms with Crippen LogP contribution in [0.2, 0.25) is 0 Å². The minimum absolute atomic E-state index is 0. The summed E-state index contributed by atoms with van der Waals surface area (Å²) in [6, 6.07) is 0. The first-order chi connectivity index (χ1) is 6.93. The van der Waals surface area contributed by atoms with Crippen molar-refractivity contribution in [3.63, 3.8) is 0 Å². The van der Waals surface area contributed by atoms with E-state index in [0.717, 1.165) is 0 Å². The van der Waals surface area contributed by atoms with Crippen LogP contribution in [0.25, 0.3) is 0 Å². The summed E-state index contributed by atoms with van der Waals surface area (Å²) in [5, 5.41) is 0. The van der Waals surface area contributed by atoms with E-state index in [2.05, 4.69) is 0 Å². The van der Waals surface area contributed by atoms with Crippen molar-refractivity contribution in [2.45, 2.75) is 0 Å². The normalized spacial score (nSPS) is 7.58. The largest absolute Gasteiger partial charge is 4.00 e. The van der Waals surface area contributed by atoms with Gasteiger partial charge in [-0.1, -0.05) is 0 Å². The third-order valence-corrected chi connectivity index (χ3v) is 0. The fourth-order valence-corrected chi connectivity index (χ4v) is 0. The van der Waals surface area contributed by atoms with E-state index in [4.69, 9.17) is 58.7 Å². The smallest absolute Gasteiger partial charge is 0.854 e. The van der Waals surface area contributed by atoms with E-state index >= 15 is 0 Å². The molecule has 0 aliphatic rings. The van der Waals surface area contributed by atoms with Gasteiger partial charge in [0.15, 0.2) is 0 Å². The second-order valence-electron chi connectivity index (χ2n) is 0.894. The van der Waals surface area contributed by atoms with Gasteiger partial charge in [-0.15, -0.1) is 0 Å². The van der Waals surface area contributed by atoms with E-state index in [-0.39, 0.29) is 77.5 Å². The van der Waals surface area contributed by atoms with Gasteiger partial charge < -0.3 is 93.1 Å². The molecule has 0 rings (SSSR count). The van der Waals surface area contributed by atoms with E-state index in [9.17, 15) is 0 Å². The molecule has 0 bridgehead atoms. The summed E-state index contributed by atoms with van der Waals surface area (Å²) >= 11 is 0. The molecule has 0 fully saturated rings. The monoisotopic (exact) mass is 856 g/mol. The molecule has 0 aliphatic carbocycles. The molecule has 19 heavy (non-hydrogen) atoms. The quantitative estimate of drug-likeness (QED) is 0.162. The Morgan fingerprint density at radius 2 is 0.263 bits per heavy atom. The summed E-state index contributed by atoms with van der Waals surface area (Å²) in [6.45, 7) is 0. The van der Waals surface area contributed by atoms with Gasteiger partial charge in [0.1, 0.15) is 0 Å². The molecule has 0 N–H and O–H groups in total. The summed E-state index contributed by atoms with van der Waals surface area (Å²) in [5.74, 6) is 0. The van der Waals surface area contributed by atoms with E-state index in [0.29, 0.717) is 0 Å². The Morgan fingerprint density at radius 3 is 0.263 bits per heavy atom. The Labute approximate surface area is 169 Å².